The van der Waals surface area contributed by atoms with Gasteiger partial charge in [0, 0.05) is 6.42 Å². The first kappa shape index (κ1) is 12.0. The monoisotopic (exact) mass is 212 g/mol. The lowest BCUT2D eigenvalue weighted by atomic mass is 10.1. The molecule has 2 nitrogen and oxygen atoms in total. The standard InChI is InChI=1S/C12H17FO2/c1-9-8-10(4-5-11(9)13)15-7-6-12(2,3)14/h4-5,8,14H,6-7H2,1-3H3. The molecular formula is C12H17FO2. The van der Waals surface area contributed by atoms with E-state index >= 15 is 0 Å². The van der Waals surface area contributed by atoms with Gasteiger partial charge in [0.2, 0.25) is 0 Å². The van der Waals surface area contributed by atoms with E-state index in [0.717, 1.165) is 0 Å². The Kier molecular flexibility index (Phi) is 3.69. The Balaban J connectivity index is 2.48. The van der Waals surface area contributed by atoms with Crippen molar-refractivity contribution in [1.82, 2.24) is 0 Å². The number of hydrogen-bond donors (Lipinski definition) is 1. The molecule has 0 spiro atoms. The normalized spacial score (nSPS) is 11.5. The fourth-order valence-corrected chi connectivity index (χ4v) is 1.13. The molecule has 0 aliphatic carbocycles. The maximum Gasteiger partial charge on any atom is 0.126 e. The van der Waals surface area contributed by atoms with Crippen LogP contribution in [0.25, 0.3) is 0 Å². The fourth-order valence-electron chi connectivity index (χ4n) is 1.13. The molecule has 0 fully saturated rings. The number of benzene rings is 1. The van der Waals surface area contributed by atoms with Gasteiger partial charge in [-0.2, -0.15) is 0 Å². The molecule has 0 saturated heterocycles. The Morgan fingerprint density at radius 3 is 2.60 bits per heavy atom. The Hall–Kier alpha value is -1.09. The number of hydrogen-bond acceptors (Lipinski definition) is 2. The summed E-state index contributed by atoms with van der Waals surface area (Å²) in [5.41, 5.74) is -0.162. The summed E-state index contributed by atoms with van der Waals surface area (Å²) in [5.74, 6) is 0.406. The van der Waals surface area contributed by atoms with E-state index in [1.165, 1.54) is 6.07 Å². The van der Waals surface area contributed by atoms with E-state index in [4.69, 9.17) is 4.74 Å². The summed E-state index contributed by atoms with van der Waals surface area (Å²) < 4.78 is 18.3. The average Bonchev–Trinajstić information content (AvgIpc) is 2.09. The number of aryl methyl sites for hydroxylation is 1. The minimum Gasteiger partial charge on any atom is -0.493 e. The van der Waals surface area contributed by atoms with E-state index in [1.54, 1.807) is 32.9 Å². The summed E-state index contributed by atoms with van der Waals surface area (Å²) in [5, 5.41) is 9.45. The van der Waals surface area contributed by atoms with Crippen LogP contribution in [-0.2, 0) is 0 Å². The van der Waals surface area contributed by atoms with Gasteiger partial charge in [0.05, 0.1) is 12.2 Å². The van der Waals surface area contributed by atoms with Crippen molar-refractivity contribution in [1.29, 1.82) is 0 Å². The Morgan fingerprint density at radius 2 is 2.07 bits per heavy atom. The van der Waals surface area contributed by atoms with Crippen molar-refractivity contribution in [3.63, 3.8) is 0 Å². The molecule has 84 valence electrons. The maximum absolute atomic E-state index is 12.9. The topological polar surface area (TPSA) is 29.5 Å². The van der Waals surface area contributed by atoms with Crippen LogP contribution in [0.2, 0.25) is 0 Å². The molecule has 0 atom stereocenters. The van der Waals surface area contributed by atoms with Gasteiger partial charge in [-0.3, -0.25) is 0 Å². The van der Waals surface area contributed by atoms with Crippen LogP contribution < -0.4 is 4.74 Å². The quantitative estimate of drug-likeness (QED) is 0.831. The lowest BCUT2D eigenvalue weighted by Crippen LogP contribution is -2.21. The highest BCUT2D eigenvalue weighted by Crippen LogP contribution is 2.17. The Bertz CT molecular complexity index is 329. The van der Waals surface area contributed by atoms with Crippen molar-refractivity contribution in [2.24, 2.45) is 0 Å². The minimum absolute atomic E-state index is 0.232. The van der Waals surface area contributed by atoms with E-state index in [9.17, 15) is 9.50 Å². The van der Waals surface area contributed by atoms with Crippen LogP contribution in [-0.4, -0.2) is 17.3 Å². The van der Waals surface area contributed by atoms with Gasteiger partial charge < -0.3 is 9.84 Å². The zero-order chi connectivity index (χ0) is 11.5. The molecule has 0 amide bonds. The molecule has 0 saturated carbocycles. The van der Waals surface area contributed by atoms with Gasteiger partial charge in [-0.25, -0.2) is 4.39 Å². The Morgan fingerprint density at radius 1 is 1.40 bits per heavy atom. The van der Waals surface area contributed by atoms with Gasteiger partial charge in [0.15, 0.2) is 0 Å². The van der Waals surface area contributed by atoms with Gasteiger partial charge in [-0.05, 0) is 44.5 Å². The highest BCUT2D eigenvalue weighted by molar-refractivity contribution is 5.28. The van der Waals surface area contributed by atoms with Crippen LogP contribution >= 0.6 is 0 Å². The van der Waals surface area contributed by atoms with Crippen LogP contribution in [0.4, 0.5) is 4.39 Å². The van der Waals surface area contributed by atoms with Gasteiger partial charge >= 0.3 is 0 Å². The summed E-state index contributed by atoms with van der Waals surface area (Å²) >= 11 is 0. The fraction of sp³-hybridized carbons (Fsp3) is 0.500. The van der Waals surface area contributed by atoms with Crippen LogP contribution in [0.3, 0.4) is 0 Å². The molecule has 0 aliphatic rings. The van der Waals surface area contributed by atoms with Gasteiger partial charge in [0.1, 0.15) is 11.6 Å². The predicted octanol–water partition coefficient (Wildman–Crippen LogP) is 2.67. The lowest BCUT2D eigenvalue weighted by molar-refractivity contribution is 0.0553. The summed E-state index contributed by atoms with van der Waals surface area (Å²) in [7, 11) is 0. The van der Waals surface area contributed by atoms with Crippen LogP contribution in [0.15, 0.2) is 18.2 Å². The number of rotatable bonds is 4. The first-order valence-electron chi connectivity index (χ1n) is 5.00. The van der Waals surface area contributed by atoms with Gasteiger partial charge in [-0.1, -0.05) is 0 Å². The molecule has 0 aromatic heterocycles. The largest absolute Gasteiger partial charge is 0.493 e. The smallest absolute Gasteiger partial charge is 0.126 e. The van der Waals surface area contributed by atoms with Crippen molar-refractivity contribution >= 4 is 0 Å². The summed E-state index contributed by atoms with van der Waals surface area (Å²) in [6.07, 6.45) is 0.545. The summed E-state index contributed by atoms with van der Waals surface area (Å²) in [6.45, 7) is 5.57. The average molecular weight is 212 g/mol. The third-order valence-corrected chi connectivity index (χ3v) is 2.11. The van der Waals surface area contributed by atoms with E-state index in [1.807, 2.05) is 0 Å². The zero-order valence-electron chi connectivity index (χ0n) is 9.38. The SMILES string of the molecule is Cc1cc(OCCC(C)(C)O)ccc1F. The predicted molar refractivity (Wildman–Crippen MR) is 57.5 cm³/mol. The van der Waals surface area contributed by atoms with Crippen molar-refractivity contribution < 1.29 is 14.2 Å². The van der Waals surface area contributed by atoms with Crippen molar-refractivity contribution in [3.05, 3.63) is 29.6 Å². The molecule has 0 heterocycles. The molecular weight excluding hydrogens is 195 g/mol. The number of halogens is 1. The molecule has 0 aliphatic heterocycles. The van der Waals surface area contributed by atoms with Gasteiger partial charge in [-0.15, -0.1) is 0 Å². The second-order valence-electron chi connectivity index (χ2n) is 4.32. The molecule has 1 aromatic rings. The third-order valence-electron chi connectivity index (χ3n) is 2.11. The van der Waals surface area contributed by atoms with E-state index in [0.29, 0.717) is 24.3 Å². The molecule has 1 aromatic carbocycles. The second kappa shape index (κ2) is 4.62. The molecule has 15 heavy (non-hydrogen) atoms. The molecule has 1 rings (SSSR count). The first-order valence-corrected chi connectivity index (χ1v) is 5.00. The number of aliphatic hydroxyl groups is 1. The second-order valence-corrected chi connectivity index (χ2v) is 4.32. The minimum atomic E-state index is -0.727. The van der Waals surface area contributed by atoms with E-state index < -0.39 is 5.60 Å². The highest BCUT2D eigenvalue weighted by Gasteiger charge is 2.12. The van der Waals surface area contributed by atoms with Crippen LogP contribution in [0.1, 0.15) is 25.8 Å². The molecule has 0 radical (unpaired) electrons. The lowest BCUT2D eigenvalue weighted by Gasteiger charge is -2.17. The molecule has 3 heteroatoms. The van der Waals surface area contributed by atoms with Gasteiger partial charge in [0.25, 0.3) is 0 Å². The zero-order valence-corrected chi connectivity index (χ0v) is 9.38. The van der Waals surface area contributed by atoms with Crippen molar-refractivity contribution in [2.45, 2.75) is 32.8 Å². The number of ether oxygens (including phenoxy) is 1. The summed E-state index contributed by atoms with van der Waals surface area (Å²) in [6, 6.07) is 4.63. The molecule has 1 N–H and O–H groups in total. The van der Waals surface area contributed by atoms with E-state index in [2.05, 4.69) is 0 Å². The van der Waals surface area contributed by atoms with E-state index in [-0.39, 0.29) is 5.82 Å². The first-order chi connectivity index (χ1) is 6.88. The maximum atomic E-state index is 12.9. The Labute approximate surface area is 89.7 Å². The van der Waals surface area contributed by atoms with Crippen LogP contribution in [0, 0.1) is 12.7 Å². The molecule has 0 bridgehead atoms. The highest BCUT2D eigenvalue weighted by atomic mass is 19.1. The summed E-state index contributed by atoms with van der Waals surface area (Å²) in [4.78, 5) is 0. The van der Waals surface area contributed by atoms with Crippen LogP contribution in [0.5, 0.6) is 5.75 Å². The van der Waals surface area contributed by atoms with Crippen molar-refractivity contribution in [3.8, 4) is 5.75 Å². The third kappa shape index (κ3) is 4.30. The molecule has 0 unspecified atom stereocenters. The van der Waals surface area contributed by atoms with Crippen molar-refractivity contribution in [2.75, 3.05) is 6.61 Å².